The molecule has 0 saturated heterocycles. The van der Waals surface area contributed by atoms with Crippen LogP contribution >= 0.6 is 0 Å². The van der Waals surface area contributed by atoms with E-state index in [4.69, 9.17) is 5.73 Å². The van der Waals surface area contributed by atoms with Crippen molar-refractivity contribution < 1.29 is 9.18 Å². The van der Waals surface area contributed by atoms with Crippen molar-refractivity contribution in [2.45, 2.75) is 6.54 Å². The van der Waals surface area contributed by atoms with Gasteiger partial charge in [0.05, 0.1) is 5.69 Å². The Morgan fingerprint density at radius 1 is 1.24 bits per heavy atom. The van der Waals surface area contributed by atoms with Crippen LogP contribution < -0.4 is 11.3 Å². The predicted molar refractivity (Wildman–Crippen MR) is 74.0 cm³/mol. The van der Waals surface area contributed by atoms with Crippen molar-refractivity contribution in [3.05, 3.63) is 58.9 Å². The molecular weight excluding hydrogens is 275 g/mol. The van der Waals surface area contributed by atoms with Crippen molar-refractivity contribution in [1.29, 1.82) is 0 Å². The molecule has 2 aromatic heterocycles. The number of aromatic nitrogens is 3. The predicted octanol–water partition coefficient (Wildman–Crippen LogP) is 0.787. The third-order valence-electron chi connectivity index (χ3n) is 3.07. The summed E-state index contributed by atoms with van der Waals surface area (Å²) >= 11 is 0. The van der Waals surface area contributed by atoms with E-state index in [0.29, 0.717) is 16.8 Å². The summed E-state index contributed by atoms with van der Waals surface area (Å²) < 4.78 is 15.6. The number of hydrogen-bond acceptors (Lipinski definition) is 3. The number of halogens is 1. The second kappa shape index (κ2) is 4.86. The van der Waals surface area contributed by atoms with Crippen molar-refractivity contribution in [2.75, 3.05) is 0 Å². The highest BCUT2D eigenvalue weighted by Gasteiger charge is 2.10. The Morgan fingerprint density at radius 2 is 1.95 bits per heavy atom. The van der Waals surface area contributed by atoms with Crippen molar-refractivity contribution >= 4 is 11.4 Å². The van der Waals surface area contributed by atoms with E-state index >= 15 is 0 Å². The van der Waals surface area contributed by atoms with Crippen LogP contribution in [0.15, 0.2) is 47.5 Å². The van der Waals surface area contributed by atoms with E-state index in [1.165, 1.54) is 27.4 Å². The van der Waals surface area contributed by atoms with Crippen LogP contribution in [0.4, 0.5) is 4.39 Å². The molecule has 21 heavy (non-hydrogen) atoms. The van der Waals surface area contributed by atoms with E-state index in [-0.39, 0.29) is 17.9 Å². The number of carbonyl (C=O) groups excluding carboxylic acids is 1. The minimum atomic E-state index is -0.597. The molecule has 0 aliphatic carbocycles. The maximum atomic E-state index is 12.9. The molecule has 0 fully saturated rings. The molecule has 0 bridgehead atoms. The Kier molecular flexibility index (Phi) is 3.02. The maximum Gasteiger partial charge on any atom is 0.277 e. The molecule has 3 rings (SSSR count). The number of benzene rings is 1. The molecule has 0 saturated carbocycles. The van der Waals surface area contributed by atoms with Gasteiger partial charge in [-0.3, -0.25) is 9.59 Å². The number of fused-ring (bicyclic) bond motifs is 1. The van der Waals surface area contributed by atoms with Gasteiger partial charge < -0.3 is 10.3 Å². The number of nitrogens with zero attached hydrogens (tertiary/aromatic N) is 3. The monoisotopic (exact) mass is 286 g/mol. The van der Waals surface area contributed by atoms with E-state index in [9.17, 15) is 14.0 Å². The highest BCUT2D eigenvalue weighted by atomic mass is 19.1. The van der Waals surface area contributed by atoms with Gasteiger partial charge in [-0.2, -0.15) is 5.10 Å². The Balaban J connectivity index is 2.12. The van der Waals surface area contributed by atoms with Crippen LogP contribution in [0.3, 0.4) is 0 Å². The largest absolute Gasteiger partial charge is 0.368 e. The molecule has 1 amide bonds. The lowest BCUT2D eigenvalue weighted by Crippen LogP contribution is -2.28. The van der Waals surface area contributed by atoms with Crippen LogP contribution in [-0.2, 0) is 11.3 Å². The zero-order valence-electron chi connectivity index (χ0n) is 10.9. The summed E-state index contributed by atoms with van der Waals surface area (Å²) in [5.41, 5.74) is 6.29. The van der Waals surface area contributed by atoms with Gasteiger partial charge in [0.1, 0.15) is 17.9 Å². The zero-order chi connectivity index (χ0) is 15.0. The fraction of sp³-hybridized carbons (Fsp3) is 0.0714. The molecule has 6 nitrogen and oxygen atoms in total. The normalized spacial score (nSPS) is 10.9. The summed E-state index contributed by atoms with van der Waals surface area (Å²) in [4.78, 5) is 23.1. The number of carbonyl (C=O) groups is 1. The second-order valence-electron chi connectivity index (χ2n) is 4.56. The van der Waals surface area contributed by atoms with Gasteiger partial charge in [-0.25, -0.2) is 8.91 Å². The summed E-state index contributed by atoms with van der Waals surface area (Å²) in [5, 5.41) is 4.26. The lowest BCUT2D eigenvalue weighted by molar-refractivity contribution is -0.118. The van der Waals surface area contributed by atoms with Gasteiger partial charge in [-0.1, -0.05) is 0 Å². The van der Waals surface area contributed by atoms with Crippen LogP contribution in [0.25, 0.3) is 16.8 Å². The molecule has 2 heterocycles. The quantitative estimate of drug-likeness (QED) is 0.772. The summed E-state index contributed by atoms with van der Waals surface area (Å²) in [6, 6.07) is 7.40. The van der Waals surface area contributed by atoms with Gasteiger partial charge in [0.2, 0.25) is 5.91 Å². The topological polar surface area (TPSA) is 82.4 Å². The molecule has 7 heteroatoms. The first-order chi connectivity index (χ1) is 10.0. The molecule has 0 aliphatic heterocycles. The molecule has 106 valence electrons. The number of primary amides is 1. The SMILES string of the molecule is NC(=O)Cn1ccn2nc(-c3ccc(F)cc3)cc2c1=O. The highest BCUT2D eigenvalue weighted by molar-refractivity contribution is 5.73. The minimum Gasteiger partial charge on any atom is -0.368 e. The molecule has 3 aromatic rings. The number of hydrogen-bond donors (Lipinski definition) is 1. The van der Waals surface area contributed by atoms with Crippen LogP contribution in [0.2, 0.25) is 0 Å². The number of rotatable bonds is 3. The summed E-state index contributed by atoms with van der Waals surface area (Å²) in [5.74, 6) is -0.939. The highest BCUT2D eigenvalue weighted by Crippen LogP contribution is 2.18. The van der Waals surface area contributed by atoms with Crippen LogP contribution in [0.5, 0.6) is 0 Å². The average molecular weight is 286 g/mol. The first-order valence-corrected chi connectivity index (χ1v) is 6.17. The van der Waals surface area contributed by atoms with Crippen molar-refractivity contribution in [3.63, 3.8) is 0 Å². The summed E-state index contributed by atoms with van der Waals surface area (Å²) in [6.07, 6.45) is 3.01. The van der Waals surface area contributed by atoms with Gasteiger partial charge in [0.15, 0.2) is 0 Å². The zero-order valence-corrected chi connectivity index (χ0v) is 10.9. The van der Waals surface area contributed by atoms with Crippen molar-refractivity contribution in [1.82, 2.24) is 14.2 Å². The lowest BCUT2D eigenvalue weighted by Gasteiger charge is -2.01. The van der Waals surface area contributed by atoms with Gasteiger partial charge in [-0.05, 0) is 30.3 Å². The van der Waals surface area contributed by atoms with Gasteiger partial charge in [0.25, 0.3) is 5.56 Å². The summed E-state index contributed by atoms with van der Waals surface area (Å²) in [6.45, 7) is -0.188. The first-order valence-electron chi connectivity index (χ1n) is 6.17. The molecule has 0 aliphatic rings. The molecule has 2 N–H and O–H groups in total. The fourth-order valence-electron chi connectivity index (χ4n) is 2.08. The Morgan fingerprint density at radius 3 is 2.62 bits per heavy atom. The smallest absolute Gasteiger partial charge is 0.277 e. The van der Waals surface area contributed by atoms with Crippen LogP contribution in [-0.4, -0.2) is 20.1 Å². The van der Waals surface area contributed by atoms with E-state index in [1.807, 2.05) is 0 Å². The number of nitrogens with two attached hydrogens (primary N) is 1. The third kappa shape index (κ3) is 2.40. The maximum absolute atomic E-state index is 12.9. The van der Waals surface area contributed by atoms with Gasteiger partial charge >= 0.3 is 0 Å². The van der Waals surface area contributed by atoms with Crippen LogP contribution in [0, 0.1) is 5.82 Å². The molecular formula is C14H11FN4O2. The fourth-order valence-corrected chi connectivity index (χ4v) is 2.08. The third-order valence-corrected chi connectivity index (χ3v) is 3.07. The second-order valence-corrected chi connectivity index (χ2v) is 4.56. The standard InChI is InChI=1S/C14H11FN4O2/c15-10-3-1-9(2-4-10)11-7-12-14(21)18(8-13(16)20)5-6-19(12)17-11/h1-7H,8H2,(H2,16,20). The van der Waals surface area contributed by atoms with Gasteiger partial charge in [0, 0.05) is 18.0 Å². The summed E-state index contributed by atoms with van der Waals surface area (Å²) in [7, 11) is 0. The minimum absolute atomic E-state index is 0.188. The molecule has 1 aromatic carbocycles. The average Bonchev–Trinajstić information content (AvgIpc) is 2.87. The molecule has 0 radical (unpaired) electrons. The molecule has 0 atom stereocenters. The molecule has 0 spiro atoms. The van der Waals surface area contributed by atoms with E-state index in [2.05, 4.69) is 5.10 Å². The Hall–Kier alpha value is -2.96. The van der Waals surface area contributed by atoms with Crippen molar-refractivity contribution in [3.8, 4) is 11.3 Å². The van der Waals surface area contributed by atoms with Crippen LogP contribution in [0.1, 0.15) is 0 Å². The van der Waals surface area contributed by atoms with Gasteiger partial charge in [-0.15, -0.1) is 0 Å². The van der Waals surface area contributed by atoms with Crippen molar-refractivity contribution in [2.24, 2.45) is 5.73 Å². The lowest BCUT2D eigenvalue weighted by atomic mass is 10.1. The number of amides is 1. The molecule has 0 unspecified atom stereocenters. The Bertz CT molecular complexity index is 880. The van der Waals surface area contributed by atoms with E-state index in [0.717, 1.165) is 0 Å². The van der Waals surface area contributed by atoms with E-state index < -0.39 is 5.91 Å². The Labute approximate surface area is 118 Å². The van der Waals surface area contributed by atoms with E-state index in [1.54, 1.807) is 24.4 Å². The first kappa shape index (κ1) is 13.0.